The van der Waals surface area contributed by atoms with Crippen molar-refractivity contribution in [2.45, 2.75) is 31.1 Å². The average Bonchev–Trinajstić information content (AvgIpc) is 2.66. The monoisotopic (exact) mass is 225 g/mol. The Kier molecular flexibility index (Phi) is 2.64. The van der Waals surface area contributed by atoms with Crippen molar-refractivity contribution in [3.8, 4) is 0 Å². The molecule has 2 unspecified atom stereocenters. The maximum absolute atomic E-state index is 4.54. The van der Waals surface area contributed by atoms with E-state index in [2.05, 4.69) is 22.1 Å². The lowest BCUT2D eigenvalue weighted by molar-refractivity contribution is 0.0816. The number of hydrogen-bond acceptors (Lipinski definition) is 4. The quantitative estimate of drug-likeness (QED) is 0.726. The van der Waals surface area contributed by atoms with E-state index in [4.69, 9.17) is 0 Å². The number of aliphatic imine (C=N–C) groups is 1. The van der Waals surface area contributed by atoms with Crippen LogP contribution in [-0.2, 0) is 0 Å². The summed E-state index contributed by atoms with van der Waals surface area (Å²) in [6.07, 6.45) is 2.76. The van der Waals surface area contributed by atoms with E-state index in [1.165, 1.54) is 37.6 Å². The zero-order valence-electron chi connectivity index (χ0n) is 9.28. The van der Waals surface area contributed by atoms with Crippen LogP contribution in [-0.4, -0.2) is 47.5 Å². The fraction of sp³-hybridized carbons (Fsp3) is 0.909. The molecule has 0 aromatic rings. The summed E-state index contributed by atoms with van der Waals surface area (Å²) in [7, 11) is 0. The van der Waals surface area contributed by atoms with E-state index < -0.39 is 0 Å². The van der Waals surface area contributed by atoms with Crippen molar-refractivity contribution in [3.05, 3.63) is 0 Å². The second-order valence-corrected chi connectivity index (χ2v) is 6.39. The van der Waals surface area contributed by atoms with Gasteiger partial charge in [-0.3, -0.25) is 4.99 Å². The molecule has 3 nitrogen and oxygen atoms in total. The summed E-state index contributed by atoms with van der Waals surface area (Å²) >= 11 is 1.91. The van der Waals surface area contributed by atoms with Crippen LogP contribution in [0, 0.1) is 5.92 Å². The Hall–Kier alpha value is -0.220. The van der Waals surface area contributed by atoms with Crippen LogP contribution < -0.4 is 5.32 Å². The number of thioether (sulfide) groups is 1. The van der Waals surface area contributed by atoms with Gasteiger partial charge in [-0.15, -0.1) is 0 Å². The van der Waals surface area contributed by atoms with Gasteiger partial charge < -0.3 is 10.2 Å². The molecule has 3 fully saturated rings. The molecule has 0 radical (unpaired) electrons. The maximum atomic E-state index is 4.54. The van der Waals surface area contributed by atoms with E-state index in [0.29, 0.717) is 11.3 Å². The normalized spacial score (nSPS) is 44.2. The van der Waals surface area contributed by atoms with E-state index in [-0.39, 0.29) is 0 Å². The zero-order valence-corrected chi connectivity index (χ0v) is 10.1. The van der Waals surface area contributed by atoms with Crippen LogP contribution in [0.3, 0.4) is 0 Å². The fourth-order valence-electron chi connectivity index (χ4n) is 2.84. The number of piperidine rings is 3. The average molecular weight is 225 g/mol. The first kappa shape index (κ1) is 9.97. The molecule has 84 valence electrons. The van der Waals surface area contributed by atoms with Crippen LogP contribution in [0.4, 0.5) is 0 Å². The van der Waals surface area contributed by atoms with Crippen LogP contribution >= 0.6 is 11.8 Å². The summed E-state index contributed by atoms with van der Waals surface area (Å²) in [6, 6.07) is 0.670. The van der Waals surface area contributed by atoms with Crippen LogP contribution in [0.15, 0.2) is 4.99 Å². The van der Waals surface area contributed by atoms with E-state index in [9.17, 15) is 0 Å². The van der Waals surface area contributed by atoms with Gasteiger partial charge >= 0.3 is 0 Å². The van der Waals surface area contributed by atoms with Gasteiger partial charge in [0.2, 0.25) is 0 Å². The van der Waals surface area contributed by atoms with Crippen molar-refractivity contribution in [1.82, 2.24) is 10.2 Å². The minimum absolute atomic E-state index is 0.670. The Morgan fingerprint density at radius 3 is 2.73 bits per heavy atom. The van der Waals surface area contributed by atoms with Crippen molar-refractivity contribution in [1.29, 1.82) is 0 Å². The van der Waals surface area contributed by atoms with Gasteiger partial charge in [-0.2, -0.15) is 0 Å². The molecule has 4 heterocycles. The van der Waals surface area contributed by atoms with Crippen molar-refractivity contribution in [2.24, 2.45) is 10.9 Å². The molecular formula is C11H19N3S. The smallest absolute Gasteiger partial charge is 0.157 e. The summed E-state index contributed by atoms with van der Waals surface area (Å²) in [5, 5.41) is 5.52. The molecule has 2 atom stereocenters. The minimum atomic E-state index is 0.670. The Morgan fingerprint density at radius 2 is 2.20 bits per heavy atom. The first-order valence-corrected chi connectivity index (χ1v) is 6.89. The Balaban J connectivity index is 1.59. The Labute approximate surface area is 95.7 Å². The third kappa shape index (κ3) is 2.02. The van der Waals surface area contributed by atoms with Crippen molar-refractivity contribution in [2.75, 3.05) is 26.2 Å². The molecule has 3 saturated heterocycles. The first-order chi connectivity index (χ1) is 7.31. The second-order valence-electron chi connectivity index (χ2n) is 4.96. The molecule has 2 bridgehead atoms. The van der Waals surface area contributed by atoms with Gasteiger partial charge in [-0.1, -0.05) is 18.7 Å². The van der Waals surface area contributed by atoms with Gasteiger partial charge in [0.1, 0.15) is 0 Å². The maximum Gasteiger partial charge on any atom is 0.157 e. The first-order valence-electron chi connectivity index (χ1n) is 6.01. The third-order valence-electron chi connectivity index (χ3n) is 3.77. The largest absolute Gasteiger partial charge is 0.361 e. The van der Waals surface area contributed by atoms with E-state index >= 15 is 0 Å². The third-order valence-corrected chi connectivity index (χ3v) is 4.79. The van der Waals surface area contributed by atoms with Crippen molar-refractivity contribution >= 4 is 16.9 Å². The van der Waals surface area contributed by atoms with Crippen LogP contribution in [0.25, 0.3) is 0 Å². The molecule has 4 heteroatoms. The van der Waals surface area contributed by atoms with E-state index in [0.717, 1.165) is 12.5 Å². The Morgan fingerprint density at radius 1 is 1.40 bits per heavy atom. The summed E-state index contributed by atoms with van der Waals surface area (Å²) in [5.74, 6) is 0.897. The number of nitrogens with zero attached hydrogens (tertiary/aromatic N) is 2. The van der Waals surface area contributed by atoms with Crippen LogP contribution in [0.2, 0.25) is 0 Å². The number of nitrogens with one attached hydrogen (secondary N) is 1. The lowest BCUT2D eigenvalue weighted by Crippen LogP contribution is -2.56. The fourth-order valence-corrected chi connectivity index (χ4v) is 3.74. The second kappa shape index (κ2) is 3.98. The Bertz CT molecular complexity index is 271. The van der Waals surface area contributed by atoms with Gasteiger partial charge in [0.15, 0.2) is 5.17 Å². The van der Waals surface area contributed by atoms with Gasteiger partial charge in [0, 0.05) is 17.8 Å². The zero-order chi connectivity index (χ0) is 10.3. The van der Waals surface area contributed by atoms with E-state index in [1.54, 1.807) is 0 Å². The highest BCUT2D eigenvalue weighted by molar-refractivity contribution is 8.14. The summed E-state index contributed by atoms with van der Waals surface area (Å²) < 4.78 is 0. The molecule has 4 aliphatic rings. The molecular weight excluding hydrogens is 206 g/mol. The lowest BCUT2D eigenvalue weighted by atomic mass is 9.84. The molecule has 0 aromatic carbocycles. The van der Waals surface area contributed by atoms with Crippen molar-refractivity contribution in [3.63, 3.8) is 0 Å². The summed E-state index contributed by atoms with van der Waals surface area (Å²) in [6.45, 7) is 7.11. The number of amidine groups is 1. The lowest BCUT2D eigenvalue weighted by Gasteiger charge is -2.45. The molecule has 1 N–H and O–H groups in total. The summed E-state index contributed by atoms with van der Waals surface area (Å²) in [4.78, 5) is 7.13. The molecule has 0 aliphatic carbocycles. The number of hydrogen-bond donors (Lipinski definition) is 1. The SMILES string of the molecule is CC1CN=C(NC2CN3CCC2CC3)S1. The van der Waals surface area contributed by atoms with Crippen molar-refractivity contribution < 1.29 is 0 Å². The number of fused-ring (bicyclic) bond motifs is 3. The molecule has 4 aliphatic heterocycles. The molecule has 4 rings (SSSR count). The summed E-state index contributed by atoms with van der Waals surface area (Å²) in [5.41, 5.74) is 0. The standard InChI is InChI=1S/C11H19N3S/c1-8-6-12-11(15-8)13-10-7-14-4-2-9(10)3-5-14/h8-10H,2-7H2,1H3,(H,12,13). The highest BCUT2D eigenvalue weighted by Gasteiger charge is 2.35. The van der Waals surface area contributed by atoms with Gasteiger partial charge in [-0.05, 0) is 31.8 Å². The molecule has 0 aromatic heterocycles. The van der Waals surface area contributed by atoms with Gasteiger partial charge in [0.05, 0.1) is 6.54 Å². The molecule has 0 spiro atoms. The number of rotatable bonds is 1. The van der Waals surface area contributed by atoms with Gasteiger partial charge in [-0.25, -0.2) is 0 Å². The van der Waals surface area contributed by atoms with Gasteiger partial charge in [0.25, 0.3) is 0 Å². The predicted octanol–water partition coefficient (Wildman–Crippen LogP) is 1.16. The highest BCUT2D eigenvalue weighted by Crippen LogP contribution is 2.29. The predicted molar refractivity (Wildman–Crippen MR) is 65.4 cm³/mol. The molecule has 15 heavy (non-hydrogen) atoms. The van der Waals surface area contributed by atoms with Crippen LogP contribution in [0.5, 0.6) is 0 Å². The van der Waals surface area contributed by atoms with Crippen LogP contribution in [0.1, 0.15) is 19.8 Å². The topological polar surface area (TPSA) is 27.6 Å². The molecule has 0 amide bonds. The minimum Gasteiger partial charge on any atom is -0.361 e. The van der Waals surface area contributed by atoms with E-state index in [1.807, 2.05) is 11.8 Å². The molecule has 0 saturated carbocycles. The highest BCUT2D eigenvalue weighted by atomic mass is 32.2.